The van der Waals surface area contributed by atoms with Gasteiger partial charge in [0.05, 0.1) is 24.2 Å². The van der Waals surface area contributed by atoms with Crippen LogP contribution in [0.15, 0.2) is 35.2 Å². The van der Waals surface area contributed by atoms with Gasteiger partial charge in [0.15, 0.2) is 11.6 Å². The first-order chi connectivity index (χ1) is 15.2. The molecule has 8 heteroatoms. The molecular weight excluding hydrogens is 435 g/mol. The summed E-state index contributed by atoms with van der Waals surface area (Å²) in [5.41, 5.74) is 0.803. The molecular formula is C24H27FO6S. The Morgan fingerprint density at radius 1 is 1.09 bits per heavy atom. The highest BCUT2D eigenvalue weighted by atomic mass is 32.2. The number of aliphatic carboxylic acids is 1. The smallest absolute Gasteiger partial charge is 0.303 e. The first kappa shape index (κ1) is 25.4. The molecule has 0 spiro atoms. The summed E-state index contributed by atoms with van der Waals surface area (Å²) < 4.78 is 20.0. The molecule has 0 amide bonds. The third kappa shape index (κ3) is 7.09. The lowest BCUT2D eigenvalue weighted by Crippen LogP contribution is -2.06. The average molecular weight is 463 g/mol. The number of carboxylic acids is 1. The first-order valence-electron chi connectivity index (χ1n) is 10.4. The molecule has 0 unspecified atom stereocenters. The molecule has 0 fully saturated rings. The van der Waals surface area contributed by atoms with Gasteiger partial charge in [-0.3, -0.25) is 14.4 Å². The van der Waals surface area contributed by atoms with Crippen LogP contribution in [0.2, 0.25) is 0 Å². The van der Waals surface area contributed by atoms with Crippen molar-refractivity contribution in [1.29, 1.82) is 0 Å². The minimum atomic E-state index is -1.10. The standard InChI is InChI=1S/C24H27FO6S/c1-3-5-19-22(10-8-17(15(2)26)24(19)30)31-12-4-13-32-16-6-7-18(20(25)14-16)21(27)9-11-23(28)29/h6-8,10,14,30H,3-5,9,11-13H2,1-2H3,(H,28,29). The molecule has 0 saturated carbocycles. The maximum atomic E-state index is 14.2. The number of benzene rings is 2. The number of carboxylic acid groups (broad SMARTS) is 1. The minimum absolute atomic E-state index is 0.0281. The highest BCUT2D eigenvalue weighted by Gasteiger charge is 2.16. The zero-order valence-corrected chi connectivity index (χ0v) is 19.0. The van der Waals surface area contributed by atoms with Gasteiger partial charge in [-0.1, -0.05) is 13.3 Å². The van der Waals surface area contributed by atoms with Crippen LogP contribution in [-0.4, -0.2) is 40.1 Å². The lowest BCUT2D eigenvalue weighted by atomic mass is 10.0. The highest BCUT2D eigenvalue weighted by molar-refractivity contribution is 7.99. The number of aromatic hydroxyl groups is 1. The molecule has 172 valence electrons. The van der Waals surface area contributed by atoms with Crippen LogP contribution in [0.25, 0.3) is 0 Å². The van der Waals surface area contributed by atoms with E-state index in [1.807, 2.05) is 6.92 Å². The zero-order valence-electron chi connectivity index (χ0n) is 18.2. The number of thioether (sulfide) groups is 1. The van der Waals surface area contributed by atoms with E-state index in [2.05, 4.69) is 0 Å². The Kier molecular flexibility index (Phi) is 9.71. The third-order valence-electron chi connectivity index (χ3n) is 4.74. The van der Waals surface area contributed by atoms with Gasteiger partial charge in [0.25, 0.3) is 0 Å². The van der Waals surface area contributed by atoms with E-state index >= 15 is 0 Å². The van der Waals surface area contributed by atoms with Gasteiger partial charge in [-0.25, -0.2) is 4.39 Å². The summed E-state index contributed by atoms with van der Waals surface area (Å²) in [7, 11) is 0. The van der Waals surface area contributed by atoms with Crippen LogP contribution in [0.4, 0.5) is 4.39 Å². The van der Waals surface area contributed by atoms with Crippen molar-refractivity contribution in [3.63, 3.8) is 0 Å². The van der Waals surface area contributed by atoms with Crippen molar-refractivity contribution in [2.45, 2.75) is 50.8 Å². The fraction of sp³-hybridized carbons (Fsp3) is 0.375. The molecule has 2 N–H and O–H groups in total. The molecule has 0 aliphatic rings. The van der Waals surface area contributed by atoms with E-state index in [1.54, 1.807) is 18.2 Å². The summed E-state index contributed by atoms with van der Waals surface area (Å²) in [6.45, 7) is 3.77. The van der Waals surface area contributed by atoms with E-state index in [-0.39, 0.29) is 35.5 Å². The molecule has 0 aliphatic carbocycles. The second-order valence-electron chi connectivity index (χ2n) is 7.25. The lowest BCUT2D eigenvalue weighted by Gasteiger charge is -2.14. The Bertz CT molecular complexity index is 989. The number of rotatable bonds is 13. The Morgan fingerprint density at radius 3 is 2.44 bits per heavy atom. The largest absolute Gasteiger partial charge is 0.507 e. The second-order valence-corrected chi connectivity index (χ2v) is 8.42. The van der Waals surface area contributed by atoms with Crippen molar-refractivity contribution in [2.24, 2.45) is 0 Å². The normalized spacial score (nSPS) is 10.7. The number of hydrogen-bond donors (Lipinski definition) is 2. The predicted molar refractivity (Wildman–Crippen MR) is 121 cm³/mol. The van der Waals surface area contributed by atoms with Gasteiger partial charge in [-0.05, 0) is 50.1 Å². The fourth-order valence-corrected chi connectivity index (χ4v) is 3.98. The molecule has 2 aromatic carbocycles. The molecule has 0 heterocycles. The van der Waals surface area contributed by atoms with E-state index < -0.39 is 17.6 Å². The van der Waals surface area contributed by atoms with Gasteiger partial charge in [0, 0.05) is 22.6 Å². The topological polar surface area (TPSA) is 101 Å². The van der Waals surface area contributed by atoms with Crippen LogP contribution in [0.1, 0.15) is 65.8 Å². The molecule has 0 radical (unpaired) electrons. The van der Waals surface area contributed by atoms with Gasteiger partial charge >= 0.3 is 5.97 Å². The van der Waals surface area contributed by atoms with E-state index in [0.717, 1.165) is 6.42 Å². The van der Waals surface area contributed by atoms with E-state index in [9.17, 15) is 23.9 Å². The molecule has 2 rings (SSSR count). The molecule has 0 saturated heterocycles. The number of halogens is 1. The van der Waals surface area contributed by atoms with Gasteiger partial charge in [-0.2, -0.15) is 0 Å². The minimum Gasteiger partial charge on any atom is -0.507 e. The Balaban J connectivity index is 1.88. The third-order valence-corrected chi connectivity index (χ3v) is 5.82. The number of carbonyl (C=O) groups is 3. The van der Waals surface area contributed by atoms with Crippen molar-refractivity contribution >= 4 is 29.3 Å². The van der Waals surface area contributed by atoms with Crippen LogP contribution < -0.4 is 4.74 Å². The summed E-state index contributed by atoms with van der Waals surface area (Å²) in [6.07, 6.45) is 1.48. The van der Waals surface area contributed by atoms with Crippen molar-refractivity contribution in [3.05, 3.63) is 52.8 Å². The zero-order chi connectivity index (χ0) is 23.7. The van der Waals surface area contributed by atoms with E-state index in [0.29, 0.717) is 41.4 Å². The van der Waals surface area contributed by atoms with E-state index in [1.165, 1.54) is 30.8 Å². The number of Topliss-reactive ketones (excluding diaryl/α,β-unsaturated/α-hetero) is 2. The Morgan fingerprint density at radius 2 is 1.81 bits per heavy atom. The van der Waals surface area contributed by atoms with Gasteiger partial charge < -0.3 is 14.9 Å². The van der Waals surface area contributed by atoms with Crippen LogP contribution in [0, 0.1) is 5.82 Å². The lowest BCUT2D eigenvalue weighted by molar-refractivity contribution is -0.136. The summed E-state index contributed by atoms with van der Waals surface area (Å²) in [4.78, 5) is 34.8. The molecule has 0 aromatic heterocycles. The SMILES string of the molecule is CCCc1c(OCCCSc2ccc(C(=O)CCC(=O)O)c(F)c2)ccc(C(C)=O)c1O. The first-order valence-corrected chi connectivity index (χ1v) is 11.4. The maximum Gasteiger partial charge on any atom is 0.303 e. The Labute approximate surface area is 190 Å². The van der Waals surface area contributed by atoms with Crippen molar-refractivity contribution in [1.82, 2.24) is 0 Å². The van der Waals surface area contributed by atoms with Crippen molar-refractivity contribution in [3.8, 4) is 11.5 Å². The number of phenols is 1. The maximum absolute atomic E-state index is 14.2. The van der Waals surface area contributed by atoms with Crippen molar-refractivity contribution < 1.29 is 33.7 Å². The van der Waals surface area contributed by atoms with Crippen molar-refractivity contribution in [2.75, 3.05) is 12.4 Å². The molecule has 0 bridgehead atoms. The van der Waals surface area contributed by atoms with Gasteiger partial charge in [0.2, 0.25) is 0 Å². The average Bonchev–Trinajstić information content (AvgIpc) is 2.73. The number of carbonyl (C=O) groups excluding carboxylic acids is 2. The second kappa shape index (κ2) is 12.2. The summed E-state index contributed by atoms with van der Waals surface area (Å²) in [5.74, 6) is -1.32. The quantitative estimate of drug-likeness (QED) is 0.237. The van der Waals surface area contributed by atoms with Crippen LogP contribution in [0.5, 0.6) is 11.5 Å². The van der Waals surface area contributed by atoms with Gasteiger partial charge in [-0.15, -0.1) is 11.8 Å². The number of ether oxygens (including phenoxy) is 1. The van der Waals surface area contributed by atoms with Crippen LogP contribution >= 0.6 is 11.8 Å². The highest BCUT2D eigenvalue weighted by Crippen LogP contribution is 2.33. The molecule has 32 heavy (non-hydrogen) atoms. The van der Waals surface area contributed by atoms with Crippen LogP contribution in [-0.2, 0) is 11.2 Å². The summed E-state index contributed by atoms with van der Waals surface area (Å²) >= 11 is 1.41. The van der Waals surface area contributed by atoms with E-state index in [4.69, 9.17) is 9.84 Å². The predicted octanol–water partition coefficient (Wildman–Crippen LogP) is 5.30. The molecule has 6 nitrogen and oxygen atoms in total. The summed E-state index contributed by atoms with van der Waals surface area (Å²) in [5, 5.41) is 19.0. The number of phenolic OH excluding ortho intramolecular Hbond substituents is 1. The number of hydrogen-bond acceptors (Lipinski definition) is 6. The Hall–Kier alpha value is -2.87. The monoisotopic (exact) mass is 462 g/mol. The molecule has 2 aromatic rings. The van der Waals surface area contributed by atoms with Gasteiger partial charge in [0.1, 0.15) is 17.3 Å². The summed E-state index contributed by atoms with van der Waals surface area (Å²) in [6, 6.07) is 7.56. The molecule has 0 aliphatic heterocycles. The van der Waals surface area contributed by atoms with Crippen LogP contribution in [0.3, 0.4) is 0 Å². The fourth-order valence-electron chi connectivity index (χ4n) is 3.13. The number of ketones is 2. The molecule has 0 atom stereocenters.